The number of rotatable bonds is 4. The summed E-state index contributed by atoms with van der Waals surface area (Å²) in [7, 11) is 1.93. The van der Waals surface area contributed by atoms with Crippen molar-refractivity contribution in [2.45, 2.75) is 48.8 Å². The molecule has 0 atom stereocenters. The first-order valence-corrected chi connectivity index (χ1v) is 8.51. The Bertz CT molecular complexity index is 626. The second kappa shape index (κ2) is 6.81. The normalized spacial score (nSPS) is 14.8. The molecule has 1 aliphatic rings. The van der Waals surface area contributed by atoms with Crippen LogP contribution in [0.2, 0.25) is 5.02 Å². The first-order valence-electron chi connectivity index (χ1n) is 7.31. The lowest BCUT2D eigenvalue weighted by Gasteiger charge is -2.11. The van der Waals surface area contributed by atoms with Gasteiger partial charge in [0.15, 0.2) is 5.16 Å². The zero-order valence-electron chi connectivity index (χ0n) is 12.1. The summed E-state index contributed by atoms with van der Waals surface area (Å²) < 4.78 is 2.27. The Kier molecular flexibility index (Phi) is 4.83. The smallest absolute Gasteiger partial charge is 0.196 e. The van der Waals surface area contributed by atoms with E-state index in [4.69, 9.17) is 11.6 Å². The number of halogens is 1. The van der Waals surface area contributed by atoms with Gasteiger partial charge in [0.05, 0.1) is 0 Å². The maximum Gasteiger partial charge on any atom is 0.196 e. The standard InChI is InChI=1S/C15H19ClN4S/c1-17-10-11-12(16)6-5-7-13(11)21-15-19-18-14-8-3-2-4-9-20(14)15/h5-7,17H,2-4,8-10H2,1H3. The second-order valence-electron chi connectivity index (χ2n) is 5.21. The van der Waals surface area contributed by atoms with E-state index < -0.39 is 0 Å². The van der Waals surface area contributed by atoms with Crippen molar-refractivity contribution in [1.29, 1.82) is 0 Å². The molecular weight excluding hydrogens is 304 g/mol. The molecule has 112 valence electrons. The van der Waals surface area contributed by atoms with E-state index >= 15 is 0 Å². The van der Waals surface area contributed by atoms with Crippen molar-refractivity contribution in [2.24, 2.45) is 0 Å². The highest BCUT2D eigenvalue weighted by molar-refractivity contribution is 7.99. The van der Waals surface area contributed by atoms with E-state index in [1.165, 1.54) is 19.3 Å². The molecule has 1 aromatic carbocycles. The monoisotopic (exact) mass is 322 g/mol. The minimum Gasteiger partial charge on any atom is -0.316 e. The summed E-state index contributed by atoms with van der Waals surface area (Å²) in [6.07, 6.45) is 4.73. The Labute approximate surface area is 134 Å². The molecule has 0 saturated carbocycles. The Hall–Kier alpha value is -1.04. The molecule has 2 heterocycles. The van der Waals surface area contributed by atoms with Gasteiger partial charge >= 0.3 is 0 Å². The van der Waals surface area contributed by atoms with Gasteiger partial charge in [-0.3, -0.25) is 0 Å². The third kappa shape index (κ3) is 3.25. The van der Waals surface area contributed by atoms with Gasteiger partial charge in [0.25, 0.3) is 0 Å². The summed E-state index contributed by atoms with van der Waals surface area (Å²) in [6, 6.07) is 6.02. The van der Waals surface area contributed by atoms with Crippen molar-refractivity contribution < 1.29 is 0 Å². The van der Waals surface area contributed by atoms with Crippen LogP contribution >= 0.6 is 23.4 Å². The number of aryl methyl sites for hydroxylation is 1. The number of hydrogen-bond donors (Lipinski definition) is 1. The van der Waals surface area contributed by atoms with Gasteiger partial charge in [-0.05, 0) is 49.3 Å². The van der Waals surface area contributed by atoms with Crippen LogP contribution in [-0.4, -0.2) is 21.8 Å². The van der Waals surface area contributed by atoms with Gasteiger partial charge in [0, 0.05) is 29.4 Å². The summed E-state index contributed by atoms with van der Waals surface area (Å²) in [4.78, 5) is 1.15. The Morgan fingerprint density at radius 2 is 2.19 bits per heavy atom. The Morgan fingerprint density at radius 1 is 1.29 bits per heavy atom. The Balaban J connectivity index is 1.91. The van der Waals surface area contributed by atoms with Crippen LogP contribution in [0.5, 0.6) is 0 Å². The third-order valence-electron chi connectivity index (χ3n) is 3.71. The second-order valence-corrected chi connectivity index (χ2v) is 6.63. The van der Waals surface area contributed by atoms with E-state index in [1.807, 2.05) is 19.2 Å². The first-order chi connectivity index (χ1) is 10.3. The molecule has 2 aromatic rings. The maximum absolute atomic E-state index is 6.32. The molecule has 0 fully saturated rings. The largest absolute Gasteiger partial charge is 0.316 e. The van der Waals surface area contributed by atoms with Gasteiger partial charge in [-0.25, -0.2) is 0 Å². The number of benzene rings is 1. The molecule has 0 unspecified atom stereocenters. The average molecular weight is 323 g/mol. The van der Waals surface area contributed by atoms with E-state index in [1.54, 1.807) is 11.8 Å². The topological polar surface area (TPSA) is 42.7 Å². The van der Waals surface area contributed by atoms with Crippen molar-refractivity contribution in [3.63, 3.8) is 0 Å². The van der Waals surface area contributed by atoms with Gasteiger partial charge in [0.2, 0.25) is 0 Å². The average Bonchev–Trinajstić information content (AvgIpc) is 2.71. The van der Waals surface area contributed by atoms with Crippen LogP contribution in [0.1, 0.15) is 30.7 Å². The van der Waals surface area contributed by atoms with Crippen molar-refractivity contribution in [3.8, 4) is 0 Å². The molecule has 6 heteroatoms. The van der Waals surface area contributed by atoms with Crippen LogP contribution in [0.3, 0.4) is 0 Å². The van der Waals surface area contributed by atoms with E-state index in [9.17, 15) is 0 Å². The van der Waals surface area contributed by atoms with E-state index in [0.29, 0.717) is 0 Å². The molecule has 0 spiro atoms. The van der Waals surface area contributed by atoms with Gasteiger partial charge in [-0.2, -0.15) is 0 Å². The van der Waals surface area contributed by atoms with Crippen LogP contribution in [0.25, 0.3) is 0 Å². The summed E-state index contributed by atoms with van der Waals surface area (Å²) in [5, 5.41) is 13.7. The molecule has 21 heavy (non-hydrogen) atoms. The highest BCUT2D eigenvalue weighted by atomic mass is 35.5. The summed E-state index contributed by atoms with van der Waals surface area (Å²) in [5.74, 6) is 1.12. The molecule has 1 aliphatic heterocycles. The lowest BCUT2D eigenvalue weighted by atomic mass is 10.2. The first kappa shape index (κ1) is 14.9. The summed E-state index contributed by atoms with van der Waals surface area (Å²) in [6.45, 7) is 1.77. The van der Waals surface area contributed by atoms with Crippen LogP contribution in [0, 0.1) is 0 Å². The predicted molar refractivity (Wildman–Crippen MR) is 85.9 cm³/mol. The lowest BCUT2D eigenvalue weighted by Crippen LogP contribution is -2.07. The fraction of sp³-hybridized carbons (Fsp3) is 0.467. The minimum absolute atomic E-state index is 0.753. The number of hydrogen-bond acceptors (Lipinski definition) is 4. The molecule has 1 N–H and O–H groups in total. The van der Waals surface area contributed by atoms with E-state index in [2.05, 4.69) is 26.1 Å². The molecule has 0 saturated heterocycles. The fourth-order valence-corrected chi connectivity index (χ4v) is 3.95. The van der Waals surface area contributed by atoms with Crippen LogP contribution in [0.15, 0.2) is 28.3 Å². The molecule has 0 aliphatic carbocycles. The van der Waals surface area contributed by atoms with E-state index in [0.717, 1.165) is 46.0 Å². The fourth-order valence-electron chi connectivity index (χ4n) is 2.62. The zero-order valence-corrected chi connectivity index (χ0v) is 13.7. The molecule has 3 rings (SSSR count). The number of aromatic nitrogens is 3. The maximum atomic E-state index is 6.32. The van der Waals surface area contributed by atoms with Crippen molar-refractivity contribution in [1.82, 2.24) is 20.1 Å². The highest BCUT2D eigenvalue weighted by Gasteiger charge is 2.17. The highest BCUT2D eigenvalue weighted by Crippen LogP contribution is 2.34. The van der Waals surface area contributed by atoms with Gasteiger partial charge in [-0.15, -0.1) is 10.2 Å². The number of fused-ring (bicyclic) bond motifs is 1. The van der Waals surface area contributed by atoms with Crippen LogP contribution in [-0.2, 0) is 19.5 Å². The summed E-state index contributed by atoms with van der Waals surface area (Å²) in [5.41, 5.74) is 1.12. The quantitative estimate of drug-likeness (QED) is 0.935. The molecule has 0 radical (unpaired) electrons. The Morgan fingerprint density at radius 3 is 3.05 bits per heavy atom. The minimum atomic E-state index is 0.753. The van der Waals surface area contributed by atoms with Crippen molar-refractivity contribution in [2.75, 3.05) is 7.05 Å². The molecule has 0 amide bonds. The van der Waals surface area contributed by atoms with Crippen LogP contribution in [0.4, 0.5) is 0 Å². The molecule has 0 bridgehead atoms. The van der Waals surface area contributed by atoms with Crippen molar-refractivity contribution in [3.05, 3.63) is 34.6 Å². The lowest BCUT2D eigenvalue weighted by molar-refractivity contribution is 0.591. The SMILES string of the molecule is CNCc1c(Cl)cccc1Sc1nnc2n1CCCCC2. The van der Waals surface area contributed by atoms with Crippen LogP contribution < -0.4 is 5.32 Å². The number of nitrogens with one attached hydrogen (secondary N) is 1. The summed E-state index contributed by atoms with van der Waals surface area (Å²) >= 11 is 7.99. The van der Waals surface area contributed by atoms with Gasteiger partial charge < -0.3 is 9.88 Å². The third-order valence-corrected chi connectivity index (χ3v) is 5.15. The van der Waals surface area contributed by atoms with Crippen molar-refractivity contribution >= 4 is 23.4 Å². The molecule has 4 nitrogen and oxygen atoms in total. The van der Waals surface area contributed by atoms with Gasteiger partial charge in [0.1, 0.15) is 5.82 Å². The number of nitrogens with zero attached hydrogens (tertiary/aromatic N) is 3. The predicted octanol–water partition coefficient (Wildman–Crippen LogP) is 3.53. The zero-order chi connectivity index (χ0) is 14.7. The van der Waals surface area contributed by atoms with E-state index in [-0.39, 0.29) is 0 Å². The molecule has 1 aromatic heterocycles. The van der Waals surface area contributed by atoms with Gasteiger partial charge in [-0.1, -0.05) is 24.1 Å². The molecular formula is C15H19ClN4S.